The number of allylic oxidation sites excluding steroid dienone is 3. The Morgan fingerprint density at radius 3 is 1.72 bits per heavy atom. The first-order valence-corrected chi connectivity index (χ1v) is 20.7. The second-order valence-electron chi connectivity index (χ2n) is 14.3. The fourth-order valence-electron chi connectivity index (χ4n) is 5.28. The number of phosphoric ester groups is 1. The number of aliphatic hydroxyl groups excluding tert-OH is 1. The number of hydrogen-bond donors (Lipinski definition) is 2. The molecule has 8 nitrogen and oxygen atoms in total. The lowest BCUT2D eigenvalue weighted by Crippen LogP contribution is -2.45. The van der Waals surface area contributed by atoms with E-state index in [1.165, 1.54) is 103 Å². The highest BCUT2D eigenvalue weighted by Crippen LogP contribution is 2.38. The Hall–Kier alpha value is -1.02. The van der Waals surface area contributed by atoms with Gasteiger partial charge in [-0.2, -0.15) is 0 Å². The molecule has 0 aliphatic carbocycles. The molecule has 0 aliphatic heterocycles. The van der Waals surface area contributed by atoms with Gasteiger partial charge in [0, 0.05) is 6.42 Å². The monoisotopic (exact) mass is 687 g/mol. The van der Waals surface area contributed by atoms with Crippen molar-refractivity contribution in [2.45, 2.75) is 174 Å². The largest absolute Gasteiger partial charge is 0.756 e. The quantitative estimate of drug-likeness (QED) is 0.0303. The lowest BCUT2D eigenvalue weighted by Gasteiger charge is -2.29. The first kappa shape index (κ1) is 46.0. The van der Waals surface area contributed by atoms with Crippen LogP contribution in [0.2, 0.25) is 0 Å². The number of carbonyl (C=O) groups is 1. The Bertz CT molecular complexity index is 829. The molecule has 0 fully saturated rings. The topological polar surface area (TPSA) is 108 Å². The smallest absolute Gasteiger partial charge is 0.268 e. The van der Waals surface area contributed by atoms with Crippen molar-refractivity contribution >= 4 is 13.7 Å². The second-order valence-corrected chi connectivity index (χ2v) is 15.7. The minimum Gasteiger partial charge on any atom is -0.756 e. The number of nitrogens with one attached hydrogen (secondary N) is 1. The highest BCUT2D eigenvalue weighted by Gasteiger charge is 2.23. The van der Waals surface area contributed by atoms with E-state index in [-0.39, 0.29) is 19.1 Å². The molecule has 1 unspecified atom stereocenters. The van der Waals surface area contributed by atoms with Gasteiger partial charge in [0.1, 0.15) is 13.2 Å². The Balaban J connectivity index is 4.56. The molecular weight excluding hydrogens is 611 g/mol. The molecule has 278 valence electrons. The molecule has 0 aromatic carbocycles. The fourth-order valence-corrected chi connectivity index (χ4v) is 6.01. The summed E-state index contributed by atoms with van der Waals surface area (Å²) in [7, 11) is 1.24. The predicted octanol–water partition coefficient (Wildman–Crippen LogP) is 9.16. The van der Waals surface area contributed by atoms with Crippen molar-refractivity contribution in [3.8, 4) is 0 Å². The molecule has 2 N–H and O–H groups in total. The van der Waals surface area contributed by atoms with Crippen molar-refractivity contribution in [1.82, 2.24) is 5.32 Å². The van der Waals surface area contributed by atoms with Crippen LogP contribution < -0.4 is 10.2 Å². The minimum atomic E-state index is -4.58. The van der Waals surface area contributed by atoms with Crippen LogP contribution in [-0.4, -0.2) is 68.5 Å². The molecule has 0 saturated carbocycles. The van der Waals surface area contributed by atoms with Crippen LogP contribution in [0.5, 0.6) is 0 Å². The summed E-state index contributed by atoms with van der Waals surface area (Å²) >= 11 is 0. The molecule has 0 aromatic rings. The second kappa shape index (κ2) is 31.0. The van der Waals surface area contributed by atoms with E-state index in [4.69, 9.17) is 9.05 Å². The van der Waals surface area contributed by atoms with Crippen LogP contribution in [0, 0.1) is 0 Å². The van der Waals surface area contributed by atoms with E-state index in [0.717, 1.165) is 38.5 Å². The zero-order valence-electron chi connectivity index (χ0n) is 31.2. The molecular formula is C38H75N2O6P. The number of likely N-dealkylation sites (N-methyl/N-ethyl adjacent to an activating group) is 1. The van der Waals surface area contributed by atoms with Gasteiger partial charge in [-0.3, -0.25) is 9.36 Å². The van der Waals surface area contributed by atoms with Crippen molar-refractivity contribution in [2.24, 2.45) is 0 Å². The van der Waals surface area contributed by atoms with Gasteiger partial charge in [-0.25, -0.2) is 0 Å². The number of phosphoric acid groups is 1. The van der Waals surface area contributed by atoms with E-state index in [0.29, 0.717) is 17.4 Å². The van der Waals surface area contributed by atoms with Crippen molar-refractivity contribution < 1.29 is 32.9 Å². The van der Waals surface area contributed by atoms with Gasteiger partial charge in [0.15, 0.2) is 0 Å². The number of unbranched alkanes of at least 4 members (excludes halogenated alkanes) is 19. The summed E-state index contributed by atoms with van der Waals surface area (Å²) in [4.78, 5) is 25.1. The van der Waals surface area contributed by atoms with Crippen molar-refractivity contribution in [1.29, 1.82) is 0 Å². The maximum absolute atomic E-state index is 12.7. The summed E-state index contributed by atoms with van der Waals surface area (Å²) < 4.78 is 23.0. The highest BCUT2D eigenvalue weighted by atomic mass is 31.2. The Labute approximate surface area is 290 Å². The van der Waals surface area contributed by atoms with E-state index in [2.05, 4.69) is 31.3 Å². The van der Waals surface area contributed by atoms with Gasteiger partial charge in [0.25, 0.3) is 7.82 Å². The first-order valence-electron chi connectivity index (χ1n) is 19.2. The van der Waals surface area contributed by atoms with E-state index in [1.807, 2.05) is 27.2 Å². The van der Waals surface area contributed by atoms with Crippen molar-refractivity contribution in [2.75, 3.05) is 40.9 Å². The Kier molecular flexibility index (Phi) is 30.3. The number of hydrogen-bond acceptors (Lipinski definition) is 6. The third kappa shape index (κ3) is 33.3. The summed E-state index contributed by atoms with van der Waals surface area (Å²) in [6.45, 7) is 4.58. The molecule has 47 heavy (non-hydrogen) atoms. The van der Waals surface area contributed by atoms with E-state index < -0.39 is 20.0 Å². The molecule has 0 saturated heterocycles. The van der Waals surface area contributed by atoms with Crippen LogP contribution in [-0.2, 0) is 18.4 Å². The van der Waals surface area contributed by atoms with Gasteiger partial charge >= 0.3 is 0 Å². The average Bonchev–Trinajstić information content (AvgIpc) is 3.01. The van der Waals surface area contributed by atoms with Crippen LogP contribution in [0.4, 0.5) is 0 Å². The molecule has 0 rings (SSSR count). The third-order valence-electron chi connectivity index (χ3n) is 8.41. The predicted molar refractivity (Wildman–Crippen MR) is 196 cm³/mol. The van der Waals surface area contributed by atoms with Crippen LogP contribution >= 0.6 is 7.82 Å². The number of aliphatic hydroxyl groups is 1. The van der Waals surface area contributed by atoms with E-state index >= 15 is 0 Å². The number of carbonyl (C=O) groups excluding carboxylic acids is 1. The number of rotatable bonds is 34. The van der Waals surface area contributed by atoms with Crippen molar-refractivity contribution in [3.05, 3.63) is 24.3 Å². The molecule has 9 heteroatoms. The van der Waals surface area contributed by atoms with Gasteiger partial charge in [-0.1, -0.05) is 147 Å². The zero-order chi connectivity index (χ0) is 35.1. The summed E-state index contributed by atoms with van der Waals surface area (Å²) in [6, 6.07) is -0.895. The summed E-state index contributed by atoms with van der Waals surface area (Å²) in [5.74, 6) is -0.212. The van der Waals surface area contributed by atoms with Crippen LogP contribution in [0.1, 0.15) is 162 Å². The van der Waals surface area contributed by atoms with Gasteiger partial charge in [-0.15, -0.1) is 0 Å². The molecule has 1 amide bonds. The maximum atomic E-state index is 12.7. The molecule has 0 aromatic heterocycles. The third-order valence-corrected chi connectivity index (χ3v) is 9.38. The first-order chi connectivity index (χ1) is 22.5. The van der Waals surface area contributed by atoms with E-state index in [9.17, 15) is 19.4 Å². The lowest BCUT2D eigenvalue weighted by molar-refractivity contribution is -0.870. The summed E-state index contributed by atoms with van der Waals surface area (Å²) in [5.41, 5.74) is 0. The standard InChI is InChI=1S/C38H75N2O6P/c1-6-8-10-12-14-16-17-18-19-20-21-22-24-25-27-29-31-37(41)36(35-46-47(43,44)45-34-33-40(3,4)5)39-38(42)32-30-28-26-23-15-13-11-9-7-2/h22,24,29,31,36-37,41H,6-21,23,25-28,30,32-35H2,1-5H3,(H-,39,42,43,44)/b24-22+,31-29+/t36-,37+/m1/s1. The molecule has 0 radical (unpaired) electrons. The molecule has 0 heterocycles. The van der Waals surface area contributed by atoms with Gasteiger partial charge in [0.2, 0.25) is 5.91 Å². The SMILES string of the molecule is CCCCCCCCCCCC/C=C/CC/C=C/[C@H](O)[C@@H](COP(=O)([O-])OCC[N+](C)(C)C)NC(=O)CCCCCCCCCCC. The van der Waals surface area contributed by atoms with Gasteiger partial charge in [0.05, 0.1) is 39.9 Å². The normalized spacial score (nSPS) is 15.0. The average molecular weight is 687 g/mol. The van der Waals surface area contributed by atoms with Crippen LogP contribution in [0.3, 0.4) is 0 Å². The molecule has 0 aliphatic rings. The summed E-state index contributed by atoms with van der Waals surface area (Å²) in [5, 5.41) is 13.7. The zero-order valence-corrected chi connectivity index (χ0v) is 32.1. The van der Waals surface area contributed by atoms with Crippen LogP contribution in [0.15, 0.2) is 24.3 Å². The highest BCUT2D eigenvalue weighted by molar-refractivity contribution is 7.45. The van der Waals surface area contributed by atoms with Crippen molar-refractivity contribution in [3.63, 3.8) is 0 Å². The van der Waals surface area contributed by atoms with E-state index in [1.54, 1.807) is 6.08 Å². The number of nitrogens with zero attached hydrogens (tertiary/aromatic N) is 1. The molecule has 3 atom stereocenters. The number of quaternary nitrogens is 1. The lowest BCUT2D eigenvalue weighted by atomic mass is 10.1. The van der Waals surface area contributed by atoms with Crippen LogP contribution in [0.25, 0.3) is 0 Å². The fraction of sp³-hybridized carbons (Fsp3) is 0.868. The Morgan fingerprint density at radius 2 is 1.19 bits per heavy atom. The minimum absolute atomic E-state index is 0.00489. The summed E-state index contributed by atoms with van der Waals surface area (Å²) in [6.07, 6.45) is 33.7. The molecule has 0 bridgehead atoms. The number of amides is 1. The van der Waals surface area contributed by atoms with Gasteiger partial charge in [-0.05, 0) is 32.1 Å². The molecule has 0 spiro atoms. The van der Waals surface area contributed by atoms with Gasteiger partial charge < -0.3 is 28.8 Å². The maximum Gasteiger partial charge on any atom is 0.268 e. The Morgan fingerprint density at radius 1 is 0.723 bits per heavy atom.